The van der Waals surface area contributed by atoms with E-state index in [4.69, 9.17) is 16.3 Å². The largest absolute Gasteiger partial charge is 0.380 e. The van der Waals surface area contributed by atoms with Crippen molar-refractivity contribution >= 4 is 33.2 Å². The lowest BCUT2D eigenvalue weighted by Crippen LogP contribution is -2.67. The molecule has 1 saturated heterocycles. The molecule has 1 aliphatic carbocycles. The Hall–Kier alpha value is -0.250. The summed E-state index contributed by atoms with van der Waals surface area (Å²) in [6, 6.07) is 6.40. The third-order valence-electron chi connectivity index (χ3n) is 4.59. The van der Waals surface area contributed by atoms with Crippen LogP contribution >= 0.6 is 27.5 Å². The second kappa shape index (κ2) is 4.94. The highest BCUT2D eigenvalue weighted by Gasteiger charge is 2.57. The SMILES string of the molecule is CC1(C)C(Nc2cccc(Cl)c2Br)C2CCCOC21. The molecule has 0 spiro atoms. The molecule has 3 rings (SSSR count). The minimum Gasteiger partial charge on any atom is -0.380 e. The number of ether oxygens (including phenoxy) is 1. The summed E-state index contributed by atoms with van der Waals surface area (Å²) in [5, 5.41) is 4.41. The van der Waals surface area contributed by atoms with Gasteiger partial charge in [-0.15, -0.1) is 0 Å². The Bertz CT molecular complexity index is 491. The summed E-state index contributed by atoms with van der Waals surface area (Å²) in [5.74, 6) is 0.620. The van der Waals surface area contributed by atoms with Crippen LogP contribution in [0, 0.1) is 11.3 Å². The van der Waals surface area contributed by atoms with E-state index in [-0.39, 0.29) is 5.41 Å². The molecule has 1 N–H and O–H groups in total. The number of nitrogens with one attached hydrogen (secondary N) is 1. The summed E-state index contributed by atoms with van der Waals surface area (Å²) in [7, 11) is 0. The van der Waals surface area contributed by atoms with Gasteiger partial charge < -0.3 is 10.1 Å². The van der Waals surface area contributed by atoms with Crippen molar-refractivity contribution in [3.8, 4) is 0 Å². The lowest BCUT2D eigenvalue weighted by Gasteiger charge is -2.60. The number of fused-ring (bicyclic) bond motifs is 1. The first-order valence-electron chi connectivity index (χ1n) is 6.84. The van der Waals surface area contributed by atoms with Crippen molar-refractivity contribution in [2.24, 2.45) is 11.3 Å². The molecule has 1 aromatic carbocycles. The normalized spacial score (nSPS) is 32.3. The topological polar surface area (TPSA) is 21.3 Å². The number of hydrogen-bond donors (Lipinski definition) is 1. The van der Waals surface area contributed by atoms with Gasteiger partial charge >= 0.3 is 0 Å². The molecular weight excluding hydrogens is 326 g/mol. The van der Waals surface area contributed by atoms with Crippen LogP contribution in [0.25, 0.3) is 0 Å². The first-order valence-corrected chi connectivity index (χ1v) is 8.01. The molecule has 19 heavy (non-hydrogen) atoms. The summed E-state index contributed by atoms with van der Waals surface area (Å²) in [4.78, 5) is 0. The molecule has 104 valence electrons. The maximum atomic E-state index is 6.16. The van der Waals surface area contributed by atoms with Crippen LogP contribution in [0.15, 0.2) is 22.7 Å². The van der Waals surface area contributed by atoms with Gasteiger partial charge in [0.05, 0.1) is 21.3 Å². The number of benzene rings is 1. The highest BCUT2D eigenvalue weighted by molar-refractivity contribution is 9.10. The summed E-state index contributed by atoms with van der Waals surface area (Å²) in [5.41, 5.74) is 1.25. The zero-order valence-electron chi connectivity index (χ0n) is 11.2. The molecule has 1 saturated carbocycles. The van der Waals surface area contributed by atoms with Gasteiger partial charge in [-0.3, -0.25) is 0 Å². The van der Waals surface area contributed by atoms with E-state index in [1.165, 1.54) is 12.8 Å². The molecule has 1 heterocycles. The highest BCUT2D eigenvalue weighted by Crippen LogP contribution is 2.52. The minimum absolute atomic E-state index is 0.173. The minimum atomic E-state index is 0.173. The fourth-order valence-electron chi connectivity index (χ4n) is 3.60. The first-order chi connectivity index (χ1) is 9.01. The van der Waals surface area contributed by atoms with E-state index in [0.717, 1.165) is 21.8 Å². The monoisotopic (exact) mass is 343 g/mol. The molecule has 2 aliphatic rings. The van der Waals surface area contributed by atoms with Crippen molar-refractivity contribution in [2.75, 3.05) is 11.9 Å². The Labute approximate surface area is 128 Å². The predicted molar refractivity (Wildman–Crippen MR) is 82.8 cm³/mol. The van der Waals surface area contributed by atoms with Gasteiger partial charge in [0.15, 0.2) is 0 Å². The van der Waals surface area contributed by atoms with Crippen LogP contribution in [0.1, 0.15) is 26.7 Å². The standard InChI is InChI=1S/C15H19BrClNO/c1-15(2)13(9-5-4-8-19-14(9)15)18-11-7-3-6-10(17)12(11)16/h3,6-7,9,13-14,18H,4-5,8H2,1-2H3. The molecule has 3 atom stereocenters. The Morgan fingerprint density at radius 1 is 1.42 bits per heavy atom. The number of hydrogen-bond acceptors (Lipinski definition) is 2. The van der Waals surface area contributed by atoms with Crippen LogP contribution in [0.2, 0.25) is 5.02 Å². The molecule has 2 nitrogen and oxygen atoms in total. The third kappa shape index (κ3) is 2.20. The lowest BCUT2D eigenvalue weighted by atomic mass is 9.55. The molecule has 0 radical (unpaired) electrons. The lowest BCUT2D eigenvalue weighted by molar-refractivity contribution is -0.177. The van der Waals surface area contributed by atoms with Gasteiger partial charge in [-0.05, 0) is 40.9 Å². The Morgan fingerprint density at radius 2 is 2.21 bits per heavy atom. The van der Waals surface area contributed by atoms with Crippen LogP contribution in [0.4, 0.5) is 5.69 Å². The van der Waals surface area contributed by atoms with Crippen molar-refractivity contribution in [3.63, 3.8) is 0 Å². The van der Waals surface area contributed by atoms with E-state index in [1.54, 1.807) is 0 Å². The molecule has 1 aliphatic heterocycles. The van der Waals surface area contributed by atoms with E-state index in [2.05, 4.69) is 41.2 Å². The molecule has 0 amide bonds. The van der Waals surface area contributed by atoms with Crippen molar-refractivity contribution < 1.29 is 4.74 Å². The maximum Gasteiger partial charge on any atom is 0.0693 e. The zero-order chi connectivity index (χ0) is 13.6. The Morgan fingerprint density at radius 3 is 3.00 bits per heavy atom. The fourth-order valence-corrected chi connectivity index (χ4v) is 4.15. The Balaban J connectivity index is 1.81. The molecule has 0 aromatic heterocycles. The Kier molecular flexibility index (Phi) is 3.57. The van der Waals surface area contributed by atoms with Crippen LogP contribution < -0.4 is 5.32 Å². The maximum absolute atomic E-state index is 6.16. The van der Waals surface area contributed by atoms with Crippen LogP contribution in [-0.4, -0.2) is 18.8 Å². The van der Waals surface area contributed by atoms with Gasteiger partial charge in [0.2, 0.25) is 0 Å². The molecule has 3 unspecified atom stereocenters. The average Bonchev–Trinajstić information content (AvgIpc) is 2.40. The molecular formula is C15H19BrClNO. The van der Waals surface area contributed by atoms with Gasteiger partial charge in [0.25, 0.3) is 0 Å². The number of rotatable bonds is 2. The van der Waals surface area contributed by atoms with Crippen LogP contribution in [0.3, 0.4) is 0 Å². The van der Waals surface area contributed by atoms with Gasteiger partial charge in [-0.1, -0.05) is 31.5 Å². The predicted octanol–water partition coefficient (Wildman–Crippen LogP) is 4.72. The molecule has 1 aromatic rings. The van der Waals surface area contributed by atoms with Crippen molar-refractivity contribution in [3.05, 3.63) is 27.7 Å². The van der Waals surface area contributed by atoms with E-state index in [1.807, 2.05) is 12.1 Å². The summed E-state index contributed by atoms with van der Waals surface area (Å²) in [6.07, 6.45) is 2.83. The second-order valence-corrected chi connectivity index (χ2v) is 7.34. The molecule has 2 fully saturated rings. The van der Waals surface area contributed by atoms with E-state index >= 15 is 0 Å². The third-order valence-corrected chi connectivity index (χ3v) is 5.99. The zero-order valence-corrected chi connectivity index (χ0v) is 13.6. The second-order valence-electron chi connectivity index (χ2n) is 6.14. The van der Waals surface area contributed by atoms with Gasteiger partial charge in [0, 0.05) is 24.0 Å². The van der Waals surface area contributed by atoms with E-state index < -0.39 is 0 Å². The van der Waals surface area contributed by atoms with Gasteiger partial charge in [-0.25, -0.2) is 0 Å². The summed E-state index contributed by atoms with van der Waals surface area (Å²) >= 11 is 9.72. The van der Waals surface area contributed by atoms with Crippen molar-refractivity contribution in [1.82, 2.24) is 0 Å². The summed E-state index contributed by atoms with van der Waals surface area (Å²) in [6.45, 7) is 5.49. The number of halogens is 2. The van der Waals surface area contributed by atoms with E-state index in [0.29, 0.717) is 18.1 Å². The van der Waals surface area contributed by atoms with Crippen molar-refractivity contribution in [1.29, 1.82) is 0 Å². The van der Waals surface area contributed by atoms with Gasteiger partial charge in [0.1, 0.15) is 0 Å². The smallest absolute Gasteiger partial charge is 0.0693 e. The van der Waals surface area contributed by atoms with Gasteiger partial charge in [-0.2, -0.15) is 0 Å². The van der Waals surface area contributed by atoms with Crippen molar-refractivity contribution in [2.45, 2.75) is 38.8 Å². The average molecular weight is 345 g/mol. The summed E-state index contributed by atoms with van der Waals surface area (Å²) < 4.78 is 6.89. The number of anilines is 1. The van der Waals surface area contributed by atoms with Crippen LogP contribution in [-0.2, 0) is 4.74 Å². The fraction of sp³-hybridized carbons (Fsp3) is 0.600. The quantitative estimate of drug-likeness (QED) is 0.838. The van der Waals surface area contributed by atoms with E-state index in [9.17, 15) is 0 Å². The molecule has 4 heteroatoms. The highest BCUT2D eigenvalue weighted by atomic mass is 79.9. The van der Waals surface area contributed by atoms with Crippen LogP contribution in [0.5, 0.6) is 0 Å². The molecule has 0 bridgehead atoms. The first kappa shape index (κ1) is 13.7.